The predicted octanol–water partition coefficient (Wildman–Crippen LogP) is 2.45. The number of nitrogens with two attached hydrogens (primary N) is 1. The van der Waals surface area contributed by atoms with Crippen LogP contribution >= 0.6 is 0 Å². The molecule has 3 heteroatoms. The maximum atomic E-state index is 11.6. The molecule has 3 nitrogen and oxygen atoms in total. The van der Waals surface area contributed by atoms with E-state index in [1.807, 2.05) is 0 Å². The van der Waals surface area contributed by atoms with Crippen molar-refractivity contribution in [3.63, 3.8) is 0 Å². The van der Waals surface area contributed by atoms with Gasteiger partial charge >= 0.3 is 0 Å². The molecule has 0 radical (unpaired) electrons. The van der Waals surface area contributed by atoms with Gasteiger partial charge in [-0.15, -0.1) is 13.2 Å². The summed E-state index contributed by atoms with van der Waals surface area (Å²) in [6.45, 7) is 8.85. The lowest BCUT2D eigenvalue weighted by Gasteiger charge is -2.14. The Kier molecular flexibility index (Phi) is 4.60. The molecule has 0 atom stereocenters. The number of carbonyl (C=O) groups excluding carboxylic acids is 2. The van der Waals surface area contributed by atoms with Crippen molar-refractivity contribution < 1.29 is 9.59 Å². The van der Waals surface area contributed by atoms with E-state index in [9.17, 15) is 9.59 Å². The van der Waals surface area contributed by atoms with Crippen molar-refractivity contribution in [3.05, 3.63) is 59.7 Å². The first kappa shape index (κ1) is 13.9. The SMILES string of the molecule is C=CCc1c(C(C)=O)ccc(C(N)=O)c1CC=C. The van der Waals surface area contributed by atoms with Gasteiger partial charge in [0.2, 0.25) is 5.91 Å². The molecule has 18 heavy (non-hydrogen) atoms. The highest BCUT2D eigenvalue weighted by atomic mass is 16.1. The summed E-state index contributed by atoms with van der Waals surface area (Å²) in [5.74, 6) is -0.527. The third-order valence-electron chi connectivity index (χ3n) is 2.77. The molecule has 1 amide bonds. The molecule has 0 saturated carbocycles. The molecule has 0 aromatic heterocycles. The summed E-state index contributed by atoms with van der Waals surface area (Å²) in [4.78, 5) is 23.0. The summed E-state index contributed by atoms with van der Waals surface area (Å²) in [5, 5.41) is 0. The van der Waals surface area contributed by atoms with E-state index in [1.54, 1.807) is 24.3 Å². The van der Waals surface area contributed by atoms with Crippen molar-refractivity contribution in [2.45, 2.75) is 19.8 Å². The largest absolute Gasteiger partial charge is 0.366 e. The van der Waals surface area contributed by atoms with Gasteiger partial charge in [0, 0.05) is 11.1 Å². The molecule has 0 bridgehead atoms. The molecule has 0 fully saturated rings. The molecule has 1 aromatic rings. The molecule has 0 spiro atoms. The van der Waals surface area contributed by atoms with E-state index in [0.29, 0.717) is 24.0 Å². The van der Waals surface area contributed by atoms with Crippen LogP contribution in [0, 0.1) is 0 Å². The Morgan fingerprint density at radius 1 is 1.11 bits per heavy atom. The number of primary amides is 1. The lowest BCUT2D eigenvalue weighted by Crippen LogP contribution is -2.16. The fourth-order valence-electron chi connectivity index (χ4n) is 2.01. The lowest BCUT2D eigenvalue weighted by molar-refractivity contribution is 0.0992. The van der Waals surface area contributed by atoms with Crippen LogP contribution in [0.4, 0.5) is 0 Å². The summed E-state index contributed by atoms with van der Waals surface area (Å²) in [6.07, 6.45) is 4.43. The first-order valence-corrected chi connectivity index (χ1v) is 5.70. The monoisotopic (exact) mass is 243 g/mol. The van der Waals surface area contributed by atoms with Gasteiger partial charge in [-0.2, -0.15) is 0 Å². The number of allylic oxidation sites excluding steroid dienone is 2. The minimum absolute atomic E-state index is 0.0341. The number of benzene rings is 1. The number of hydrogen-bond acceptors (Lipinski definition) is 2. The molecule has 94 valence electrons. The van der Waals surface area contributed by atoms with Gasteiger partial charge in [0.25, 0.3) is 0 Å². The number of Topliss-reactive ketones (excluding diaryl/α,β-unsaturated/α-hetero) is 1. The number of carbonyl (C=O) groups is 2. The molecule has 0 aliphatic heterocycles. The van der Waals surface area contributed by atoms with Crippen molar-refractivity contribution in [2.75, 3.05) is 0 Å². The molecular weight excluding hydrogens is 226 g/mol. The van der Waals surface area contributed by atoms with E-state index in [4.69, 9.17) is 5.73 Å². The normalized spacial score (nSPS) is 9.83. The maximum Gasteiger partial charge on any atom is 0.248 e. The van der Waals surface area contributed by atoms with Gasteiger partial charge in [0.1, 0.15) is 0 Å². The average Bonchev–Trinajstić information content (AvgIpc) is 2.30. The van der Waals surface area contributed by atoms with Crippen molar-refractivity contribution in [3.8, 4) is 0 Å². The van der Waals surface area contributed by atoms with E-state index in [-0.39, 0.29) is 5.78 Å². The van der Waals surface area contributed by atoms with Crippen LogP contribution in [0.1, 0.15) is 38.8 Å². The van der Waals surface area contributed by atoms with Gasteiger partial charge in [-0.25, -0.2) is 0 Å². The zero-order valence-electron chi connectivity index (χ0n) is 10.5. The summed E-state index contributed by atoms with van der Waals surface area (Å²) in [6, 6.07) is 3.25. The summed E-state index contributed by atoms with van der Waals surface area (Å²) >= 11 is 0. The first-order chi connectivity index (χ1) is 8.52. The van der Waals surface area contributed by atoms with E-state index >= 15 is 0 Å². The van der Waals surface area contributed by atoms with Gasteiger partial charge in [-0.3, -0.25) is 9.59 Å². The molecular formula is C15H17NO2. The molecule has 1 rings (SSSR count). The second-order valence-electron chi connectivity index (χ2n) is 4.02. The molecule has 0 aliphatic carbocycles. The highest BCUT2D eigenvalue weighted by molar-refractivity contribution is 6.00. The van der Waals surface area contributed by atoms with Crippen molar-refractivity contribution in [2.24, 2.45) is 5.73 Å². The Morgan fingerprint density at radius 3 is 1.94 bits per heavy atom. The topological polar surface area (TPSA) is 60.2 Å². The van der Waals surface area contributed by atoms with Gasteiger partial charge in [0.15, 0.2) is 5.78 Å². The standard InChI is InChI=1S/C15H17NO2/c1-4-6-12-11(10(3)17)8-9-14(15(16)18)13(12)7-5-2/h4-5,8-9H,1-2,6-7H2,3H3,(H2,16,18). The highest BCUT2D eigenvalue weighted by Gasteiger charge is 2.16. The Morgan fingerprint density at radius 2 is 1.56 bits per heavy atom. The molecule has 0 aliphatic rings. The second-order valence-corrected chi connectivity index (χ2v) is 4.02. The molecule has 0 unspecified atom stereocenters. The number of ketones is 1. The van der Waals surface area contributed by atoms with Crippen LogP contribution in [0.3, 0.4) is 0 Å². The van der Waals surface area contributed by atoms with E-state index in [0.717, 1.165) is 11.1 Å². The van der Waals surface area contributed by atoms with E-state index < -0.39 is 5.91 Å². The van der Waals surface area contributed by atoms with Gasteiger partial charge < -0.3 is 5.73 Å². The second kappa shape index (κ2) is 5.96. The zero-order valence-corrected chi connectivity index (χ0v) is 10.5. The minimum atomic E-state index is -0.493. The third kappa shape index (κ3) is 2.74. The Labute approximate surface area is 107 Å². The molecule has 2 N–H and O–H groups in total. The van der Waals surface area contributed by atoms with Crippen molar-refractivity contribution in [1.82, 2.24) is 0 Å². The van der Waals surface area contributed by atoms with Crippen LogP contribution in [0.2, 0.25) is 0 Å². The number of rotatable bonds is 6. The van der Waals surface area contributed by atoms with Crippen molar-refractivity contribution in [1.29, 1.82) is 0 Å². The number of hydrogen-bond donors (Lipinski definition) is 1. The summed E-state index contributed by atoms with van der Waals surface area (Å²) < 4.78 is 0. The maximum absolute atomic E-state index is 11.6. The van der Waals surface area contributed by atoms with Crippen LogP contribution in [-0.4, -0.2) is 11.7 Å². The van der Waals surface area contributed by atoms with Crippen LogP contribution in [-0.2, 0) is 12.8 Å². The van der Waals surface area contributed by atoms with Crippen LogP contribution in [0.15, 0.2) is 37.4 Å². The van der Waals surface area contributed by atoms with Crippen molar-refractivity contribution >= 4 is 11.7 Å². The fourth-order valence-corrected chi connectivity index (χ4v) is 2.01. The fraction of sp³-hybridized carbons (Fsp3) is 0.200. The Bertz CT molecular complexity index is 468. The third-order valence-corrected chi connectivity index (χ3v) is 2.77. The quantitative estimate of drug-likeness (QED) is 0.616. The van der Waals surface area contributed by atoms with Gasteiger partial charge in [-0.05, 0) is 37.0 Å². The molecule has 1 aromatic carbocycles. The lowest BCUT2D eigenvalue weighted by atomic mass is 9.90. The Hall–Kier alpha value is -2.16. The molecule has 0 saturated heterocycles. The van der Waals surface area contributed by atoms with Gasteiger partial charge in [0.05, 0.1) is 0 Å². The van der Waals surface area contributed by atoms with Crippen LogP contribution in [0.5, 0.6) is 0 Å². The first-order valence-electron chi connectivity index (χ1n) is 5.70. The molecule has 0 heterocycles. The van der Waals surface area contributed by atoms with Crippen LogP contribution in [0.25, 0.3) is 0 Å². The number of amides is 1. The van der Waals surface area contributed by atoms with E-state index in [2.05, 4.69) is 13.2 Å². The van der Waals surface area contributed by atoms with Gasteiger partial charge in [-0.1, -0.05) is 18.2 Å². The average molecular weight is 243 g/mol. The smallest absolute Gasteiger partial charge is 0.248 e. The highest BCUT2D eigenvalue weighted by Crippen LogP contribution is 2.22. The predicted molar refractivity (Wildman–Crippen MR) is 72.8 cm³/mol. The Balaban J connectivity index is 3.57. The van der Waals surface area contributed by atoms with Crippen LogP contribution < -0.4 is 5.73 Å². The summed E-state index contributed by atoms with van der Waals surface area (Å²) in [5.41, 5.74) is 7.98. The van der Waals surface area contributed by atoms with E-state index in [1.165, 1.54) is 6.92 Å². The minimum Gasteiger partial charge on any atom is -0.366 e. The zero-order chi connectivity index (χ0) is 13.7. The summed E-state index contributed by atoms with van der Waals surface area (Å²) in [7, 11) is 0.